The molecular weight excluding hydrogens is 260 g/mol. The van der Waals surface area contributed by atoms with Crippen LogP contribution in [0, 0.1) is 10.1 Å². The summed E-state index contributed by atoms with van der Waals surface area (Å²) >= 11 is 0. The van der Waals surface area contributed by atoms with Crippen LogP contribution < -0.4 is 5.43 Å². The van der Waals surface area contributed by atoms with Crippen LogP contribution in [0.25, 0.3) is 0 Å². The Hall–Kier alpha value is -3.09. The first kappa shape index (κ1) is 13.3. The summed E-state index contributed by atoms with van der Waals surface area (Å²) in [4.78, 5) is 25.7. The quantitative estimate of drug-likeness (QED) is 0.520. The minimum atomic E-state index is -0.508. The van der Waals surface area contributed by atoms with Crippen molar-refractivity contribution in [3.05, 3.63) is 70.0 Å². The number of aromatic nitrogens is 1. The smallest absolute Gasteiger partial charge is 0.267 e. The Labute approximate surface area is 114 Å². The lowest BCUT2D eigenvalue weighted by atomic mass is 10.2. The van der Waals surface area contributed by atoms with E-state index in [2.05, 4.69) is 15.5 Å². The van der Waals surface area contributed by atoms with Gasteiger partial charge < -0.3 is 0 Å². The Bertz CT molecular complexity index is 656. The first-order valence-electron chi connectivity index (χ1n) is 5.65. The van der Waals surface area contributed by atoms with Gasteiger partial charge in [-0.15, -0.1) is 0 Å². The summed E-state index contributed by atoms with van der Waals surface area (Å²) in [5.74, 6) is -0.415. The molecule has 1 aromatic heterocycles. The lowest BCUT2D eigenvalue weighted by molar-refractivity contribution is -0.385. The highest BCUT2D eigenvalue weighted by Crippen LogP contribution is 2.14. The first-order chi connectivity index (χ1) is 9.68. The molecule has 2 rings (SSSR count). The molecule has 7 heteroatoms. The Morgan fingerprint density at radius 3 is 2.65 bits per heavy atom. The van der Waals surface area contributed by atoms with Crippen molar-refractivity contribution in [2.45, 2.75) is 0 Å². The van der Waals surface area contributed by atoms with E-state index in [4.69, 9.17) is 0 Å². The summed E-state index contributed by atoms with van der Waals surface area (Å²) in [5, 5.41) is 14.5. The molecule has 0 saturated heterocycles. The molecule has 0 fully saturated rings. The molecule has 0 bridgehead atoms. The van der Waals surface area contributed by atoms with Crippen molar-refractivity contribution in [2.24, 2.45) is 5.10 Å². The summed E-state index contributed by atoms with van der Waals surface area (Å²) < 4.78 is 0. The standard InChI is InChI=1S/C13H10N4O3/c18-13(10-5-7-14-8-6-10)16-15-9-11-3-1-2-4-12(11)17(19)20/h1-9H,(H,16,18)/b15-9-. The molecule has 0 radical (unpaired) electrons. The van der Waals surface area contributed by atoms with Gasteiger partial charge in [0.05, 0.1) is 16.7 Å². The number of para-hydroxylation sites is 1. The largest absolute Gasteiger partial charge is 0.278 e. The highest BCUT2D eigenvalue weighted by atomic mass is 16.6. The number of benzene rings is 1. The molecule has 1 N–H and O–H groups in total. The third-order valence-electron chi connectivity index (χ3n) is 2.45. The fourth-order valence-corrected chi connectivity index (χ4v) is 1.49. The van der Waals surface area contributed by atoms with Crippen molar-refractivity contribution in [1.82, 2.24) is 10.4 Å². The first-order valence-corrected chi connectivity index (χ1v) is 5.65. The van der Waals surface area contributed by atoms with Crippen LogP contribution in [0.1, 0.15) is 15.9 Å². The fraction of sp³-hybridized carbons (Fsp3) is 0. The van der Waals surface area contributed by atoms with Crippen molar-refractivity contribution in [3.8, 4) is 0 Å². The number of pyridine rings is 1. The van der Waals surface area contributed by atoms with Gasteiger partial charge in [-0.25, -0.2) is 5.43 Å². The SMILES string of the molecule is O=C(N/N=C\c1ccccc1[N+](=O)[O-])c1ccncc1. The number of nitrogens with one attached hydrogen (secondary N) is 1. The monoisotopic (exact) mass is 270 g/mol. The summed E-state index contributed by atoms with van der Waals surface area (Å²) in [6, 6.07) is 9.20. The van der Waals surface area contributed by atoms with Gasteiger partial charge in [0.25, 0.3) is 11.6 Å². The van der Waals surface area contributed by atoms with Crippen LogP contribution in [0.4, 0.5) is 5.69 Å². The Kier molecular flexibility index (Phi) is 4.13. The molecule has 0 spiro atoms. The molecule has 0 aliphatic carbocycles. The number of hydrogen-bond acceptors (Lipinski definition) is 5. The zero-order valence-electron chi connectivity index (χ0n) is 10.3. The minimum Gasteiger partial charge on any atom is -0.267 e. The number of rotatable bonds is 4. The number of nitro benzene ring substituents is 1. The maximum Gasteiger partial charge on any atom is 0.278 e. The molecule has 1 aromatic carbocycles. The van der Waals surface area contributed by atoms with E-state index in [1.54, 1.807) is 18.2 Å². The normalized spacial score (nSPS) is 10.4. The summed E-state index contributed by atoms with van der Waals surface area (Å²) in [6.07, 6.45) is 4.21. The molecule has 0 aliphatic rings. The predicted molar refractivity (Wildman–Crippen MR) is 72.4 cm³/mol. The molecule has 100 valence electrons. The molecule has 0 saturated carbocycles. The van der Waals surface area contributed by atoms with E-state index >= 15 is 0 Å². The number of carbonyl (C=O) groups excluding carboxylic acids is 1. The van der Waals surface area contributed by atoms with Crippen molar-refractivity contribution >= 4 is 17.8 Å². The zero-order chi connectivity index (χ0) is 14.4. The molecular formula is C13H10N4O3. The van der Waals surface area contributed by atoms with E-state index in [0.29, 0.717) is 11.1 Å². The lowest BCUT2D eigenvalue weighted by Gasteiger charge is -1.99. The van der Waals surface area contributed by atoms with Crippen LogP contribution in [-0.2, 0) is 0 Å². The molecule has 7 nitrogen and oxygen atoms in total. The minimum absolute atomic E-state index is 0.0746. The number of hydrazone groups is 1. The molecule has 0 unspecified atom stereocenters. The molecule has 1 amide bonds. The Balaban J connectivity index is 2.08. The summed E-state index contributed by atoms with van der Waals surface area (Å²) in [5.41, 5.74) is 2.93. The van der Waals surface area contributed by atoms with Gasteiger partial charge in [0.1, 0.15) is 0 Å². The Morgan fingerprint density at radius 1 is 1.25 bits per heavy atom. The summed E-state index contributed by atoms with van der Waals surface area (Å²) in [7, 11) is 0. The van der Waals surface area contributed by atoms with Gasteiger partial charge in [-0.1, -0.05) is 12.1 Å². The van der Waals surface area contributed by atoms with E-state index in [-0.39, 0.29) is 5.69 Å². The van der Waals surface area contributed by atoms with Crippen molar-refractivity contribution in [2.75, 3.05) is 0 Å². The zero-order valence-corrected chi connectivity index (χ0v) is 10.3. The number of nitro groups is 1. The number of carbonyl (C=O) groups is 1. The second-order valence-corrected chi connectivity index (χ2v) is 3.75. The maximum atomic E-state index is 11.7. The second kappa shape index (κ2) is 6.19. The van der Waals surface area contributed by atoms with Gasteiger partial charge in [0.15, 0.2) is 0 Å². The van der Waals surface area contributed by atoms with Gasteiger partial charge in [0, 0.05) is 24.0 Å². The third-order valence-corrected chi connectivity index (χ3v) is 2.45. The van der Waals surface area contributed by atoms with E-state index in [0.717, 1.165) is 0 Å². The average molecular weight is 270 g/mol. The number of amides is 1. The Morgan fingerprint density at radius 2 is 1.95 bits per heavy atom. The van der Waals surface area contributed by atoms with Gasteiger partial charge in [-0.3, -0.25) is 19.9 Å². The van der Waals surface area contributed by atoms with Gasteiger partial charge in [-0.05, 0) is 18.2 Å². The van der Waals surface area contributed by atoms with Gasteiger partial charge in [-0.2, -0.15) is 5.10 Å². The van der Waals surface area contributed by atoms with Gasteiger partial charge in [0.2, 0.25) is 0 Å². The van der Waals surface area contributed by atoms with Crippen LogP contribution in [0.5, 0.6) is 0 Å². The van der Waals surface area contributed by atoms with Crippen molar-refractivity contribution in [1.29, 1.82) is 0 Å². The van der Waals surface area contributed by atoms with E-state index < -0.39 is 10.8 Å². The third kappa shape index (κ3) is 3.22. The molecule has 0 atom stereocenters. The molecule has 1 heterocycles. The van der Waals surface area contributed by atoms with E-state index in [9.17, 15) is 14.9 Å². The number of hydrogen-bond donors (Lipinski definition) is 1. The van der Waals surface area contributed by atoms with Crippen LogP contribution in [0.2, 0.25) is 0 Å². The second-order valence-electron chi connectivity index (χ2n) is 3.75. The molecule has 20 heavy (non-hydrogen) atoms. The predicted octanol–water partition coefficient (Wildman–Crippen LogP) is 1.75. The molecule has 2 aromatic rings. The van der Waals surface area contributed by atoms with E-state index in [1.807, 2.05) is 0 Å². The maximum absolute atomic E-state index is 11.7. The lowest BCUT2D eigenvalue weighted by Crippen LogP contribution is -2.17. The average Bonchev–Trinajstić information content (AvgIpc) is 2.48. The van der Waals surface area contributed by atoms with E-state index in [1.165, 1.54) is 36.8 Å². The molecule has 0 aliphatic heterocycles. The van der Waals surface area contributed by atoms with Crippen LogP contribution in [-0.4, -0.2) is 22.0 Å². The number of nitrogens with zero attached hydrogens (tertiary/aromatic N) is 3. The fourth-order valence-electron chi connectivity index (χ4n) is 1.49. The topological polar surface area (TPSA) is 97.5 Å². The van der Waals surface area contributed by atoms with Crippen molar-refractivity contribution < 1.29 is 9.72 Å². The highest BCUT2D eigenvalue weighted by Gasteiger charge is 2.10. The van der Waals surface area contributed by atoms with Crippen LogP contribution in [0.15, 0.2) is 53.9 Å². The summed E-state index contributed by atoms with van der Waals surface area (Å²) in [6.45, 7) is 0. The van der Waals surface area contributed by atoms with Crippen molar-refractivity contribution in [3.63, 3.8) is 0 Å². The van der Waals surface area contributed by atoms with Gasteiger partial charge >= 0.3 is 0 Å². The van der Waals surface area contributed by atoms with Crippen LogP contribution in [0.3, 0.4) is 0 Å². The van der Waals surface area contributed by atoms with Crippen LogP contribution >= 0.6 is 0 Å². The highest BCUT2D eigenvalue weighted by molar-refractivity contribution is 5.95.